The van der Waals surface area contributed by atoms with Crippen LogP contribution < -0.4 is 0 Å². The average molecular weight is 383 g/mol. The van der Waals surface area contributed by atoms with E-state index >= 15 is 0 Å². The molecule has 30 heavy (non-hydrogen) atoms. The largest absolute Gasteiger partial charge is 0.256 e. The zero-order valence-corrected chi connectivity index (χ0v) is 16.6. The van der Waals surface area contributed by atoms with Crippen molar-refractivity contribution >= 4 is 46.0 Å². The number of aromatic nitrogens is 1. The van der Waals surface area contributed by atoms with Crippen molar-refractivity contribution in [1.82, 2.24) is 4.98 Å². The van der Waals surface area contributed by atoms with Gasteiger partial charge in [0, 0.05) is 17.1 Å². The Morgan fingerprint density at radius 1 is 0.433 bits per heavy atom. The second kappa shape index (κ2) is 8.18. The van der Waals surface area contributed by atoms with Gasteiger partial charge >= 0.3 is 0 Å². The summed E-state index contributed by atoms with van der Waals surface area (Å²) >= 11 is 0. The molecular weight excluding hydrogens is 362 g/mol. The summed E-state index contributed by atoms with van der Waals surface area (Å²) in [7, 11) is 0. The number of pyridine rings is 1. The van der Waals surface area contributed by atoms with Gasteiger partial charge in [0.05, 0.1) is 5.52 Å². The van der Waals surface area contributed by atoms with Gasteiger partial charge in [-0.25, -0.2) is 0 Å². The van der Waals surface area contributed by atoms with Crippen LogP contribution in [0.25, 0.3) is 46.0 Å². The van der Waals surface area contributed by atoms with Crippen LogP contribution in [0.3, 0.4) is 0 Å². The quantitative estimate of drug-likeness (QED) is 0.228. The Bertz CT molecular complexity index is 1200. The van der Waals surface area contributed by atoms with E-state index in [1.54, 1.807) is 0 Å². The van der Waals surface area contributed by atoms with Gasteiger partial charge in [0.25, 0.3) is 0 Å². The molecule has 5 rings (SSSR count). The fourth-order valence-electron chi connectivity index (χ4n) is 3.90. The lowest BCUT2D eigenvalue weighted by Crippen LogP contribution is -1.90. The highest BCUT2D eigenvalue weighted by Gasteiger charge is 2.11. The highest BCUT2D eigenvalue weighted by atomic mass is 14.6. The molecule has 1 nitrogen and oxygen atoms in total. The van der Waals surface area contributed by atoms with E-state index in [0.29, 0.717) is 0 Å². The van der Waals surface area contributed by atoms with E-state index in [1.165, 1.54) is 27.5 Å². The number of rotatable bonds is 4. The lowest BCUT2D eigenvalue weighted by molar-refractivity contribution is 1.41. The first-order valence-corrected chi connectivity index (χ1v) is 10.2. The highest BCUT2D eigenvalue weighted by Crippen LogP contribution is 2.34. The minimum atomic E-state index is 1.02. The molecule has 0 fully saturated rings. The van der Waals surface area contributed by atoms with E-state index in [1.807, 2.05) is 24.4 Å². The van der Waals surface area contributed by atoms with E-state index in [9.17, 15) is 0 Å². The van der Waals surface area contributed by atoms with Gasteiger partial charge in [0.15, 0.2) is 0 Å². The molecule has 1 heterocycles. The number of nitrogens with zero attached hydrogens (tertiary/aromatic N) is 1. The van der Waals surface area contributed by atoms with Gasteiger partial charge in [0.2, 0.25) is 0 Å². The number of hydrogen-bond acceptors (Lipinski definition) is 1. The zero-order valence-electron chi connectivity index (χ0n) is 16.6. The maximum absolute atomic E-state index is 4.77. The molecule has 4 aromatic carbocycles. The first kappa shape index (κ1) is 18.1. The smallest absolute Gasteiger partial charge is 0.0786 e. The molecule has 0 saturated heterocycles. The number of benzene rings is 4. The Kier molecular flexibility index (Phi) is 4.93. The minimum Gasteiger partial charge on any atom is -0.256 e. The normalized spacial score (nSPS) is 11.7. The summed E-state index contributed by atoms with van der Waals surface area (Å²) in [5.41, 5.74) is 5.75. The topological polar surface area (TPSA) is 12.9 Å². The van der Waals surface area contributed by atoms with E-state index < -0.39 is 0 Å². The fraction of sp³-hybridized carbons (Fsp3) is 0. The fourth-order valence-corrected chi connectivity index (χ4v) is 3.90. The first-order valence-electron chi connectivity index (χ1n) is 10.2. The van der Waals surface area contributed by atoms with Crippen LogP contribution in [0.2, 0.25) is 0 Å². The van der Waals surface area contributed by atoms with Gasteiger partial charge in [-0.15, -0.1) is 0 Å². The third-order valence-electron chi connectivity index (χ3n) is 5.34. The van der Waals surface area contributed by atoms with Crippen LogP contribution >= 0.6 is 0 Å². The molecule has 0 aliphatic rings. The van der Waals surface area contributed by atoms with Crippen molar-refractivity contribution in [3.05, 3.63) is 126 Å². The minimum absolute atomic E-state index is 1.02. The zero-order chi connectivity index (χ0) is 20.2. The summed E-state index contributed by atoms with van der Waals surface area (Å²) < 4.78 is 0. The Balaban J connectivity index is 1.74. The lowest BCUT2D eigenvalue weighted by atomic mass is 9.93. The van der Waals surface area contributed by atoms with Crippen molar-refractivity contribution < 1.29 is 0 Å². The van der Waals surface area contributed by atoms with Gasteiger partial charge < -0.3 is 0 Å². The molecule has 0 saturated carbocycles. The molecule has 0 unspecified atom stereocenters. The predicted octanol–water partition coefficient (Wildman–Crippen LogP) is 7.73. The molecule has 1 heteroatoms. The van der Waals surface area contributed by atoms with Crippen LogP contribution in [0.15, 0.2) is 103 Å². The van der Waals surface area contributed by atoms with Crippen LogP contribution in [0, 0.1) is 0 Å². The lowest BCUT2D eigenvalue weighted by Gasteiger charge is -2.12. The number of fused-ring (bicyclic) bond motifs is 2. The van der Waals surface area contributed by atoms with Gasteiger partial charge in [-0.2, -0.15) is 0 Å². The molecule has 0 aliphatic carbocycles. The highest BCUT2D eigenvalue weighted by molar-refractivity contribution is 6.13. The Labute approximate surface area is 176 Å². The third kappa shape index (κ3) is 3.54. The van der Waals surface area contributed by atoms with Crippen LogP contribution in [-0.4, -0.2) is 4.98 Å². The van der Waals surface area contributed by atoms with Crippen LogP contribution in [0.5, 0.6) is 0 Å². The molecule has 0 radical (unpaired) electrons. The summed E-state index contributed by atoms with van der Waals surface area (Å²) in [6, 6.07) is 33.6. The summed E-state index contributed by atoms with van der Waals surface area (Å²) in [4.78, 5) is 4.77. The maximum atomic E-state index is 4.77. The van der Waals surface area contributed by atoms with E-state index in [2.05, 4.69) is 103 Å². The second-order valence-corrected chi connectivity index (χ2v) is 7.26. The third-order valence-corrected chi connectivity index (χ3v) is 5.34. The molecule has 0 atom stereocenters. The van der Waals surface area contributed by atoms with Crippen molar-refractivity contribution in [2.45, 2.75) is 0 Å². The van der Waals surface area contributed by atoms with Crippen molar-refractivity contribution in [3.8, 4) is 0 Å². The standard InChI is InChI=1S/C29H21N/c1-3-10-22(11-4-1)17-19-26-24-14-7-8-15-25(24)28(29-27(26)16-9-21-30-29)20-18-23-12-5-2-6-13-23/h1-21H. The van der Waals surface area contributed by atoms with Crippen molar-refractivity contribution in [2.75, 3.05) is 0 Å². The Hall–Kier alpha value is -3.97. The Morgan fingerprint density at radius 2 is 0.933 bits per heavy atom. The summed E-state index contributed by atoms with van der Waals surface area (Å²) in [5, 5.41) is 3.61. The molecular formula is C29H21N. The molecule has 0 aliphatic heterocycles. The first-order chi connectivity index (χ1) is 14.9. The molecule has 0 spiro atoms. The Morgan fingerprint density at radius 3 is 1.57 bits per heavy atom. The van der Waals surface area contributed by atoms with Crippen molar-refractivity contribution in [3.63, 3.8) is 0 Å². The molecule has 5 aromatic rings. The van der Waals surface area contributed by atoms with Gasteiger partial charge in [-0.1, -0.05) is 115 Å². The van der Waals surface area contributed by atoms with Gasteiger partial charge in [0.1, 0.15) is 0 Å². The average Bonchev–Trinajstić information content (AvgIpc) is 2.82. The van der Waals surface area contributed by atoms with E-state index in [4.69, 9.17) is 4.98 Å². The summed E-state index contributed by atoms with van der Waals surface area (Å²) in [5.74, 6) is 0. The second-order valence-electron chi connectivity index (χ2n) is 7.26. The maximum Gasteiger partial charge on any atom is 0.0786 e. The molecule has 0 N–H and O–H groups in total. The molecule has 1 aromatic heterocycles. The van der Waals surface area contributed by atoms with Gasteiger partial charge in [-0.05, 0) is 33.5 Å². The number of hydrogen-bond donors (Lipinski definition) is 0. The summed E-state index contributed by atoms with van der Waals surface area (Å²) in [6.45, 7) is 0. The molecule has 0 amide bonds. The van der Waals surface area contributed by atoms with Crippen molar-refractivity contribution in [2.24, 2.45) is 0 Å². The monoisotopic (exact) mass is 383 g/mol. The molecule has 0 bridgehead atoms. The van der Waals surface area contributed by atoms with Gasteiger partial charge in [-0.3, -0.25) is 4.98 Å². The molecule has 142 valence electrons. The van der Waals surface area contributed by atoms with E-state index in [-0.39, 0.29) is 0 Å². The SMILES string of the molecule is C(=Cc1c2ccccc2c(C=Cc2ccccc2)c2ncccc12)c1ccccc1. The van der Waals surface area contributed by atoms with E-state index in [0.717, 1.165) is 16.5 Å². The van der Waals surface area contributed by atoms with Crippen LogP contribution in [0.4, 0.5) is 0 Å². The predicted molar refractivity (Wildman–Crippen MR) is 130 cm³/mol. The summed E-state index contributed by atoms with van der Waals surface area (Å²) in [6.07, 6.45) is 10.6. The van der Waals surface area contributed by atoms with Crippen molar-refractivity contribution in [1.29, 1.82) is 0 Å². The van der Waals surface area contributed by atoms with Crippen LogP contribution in [0.1, 0.15) is 22.3 Å². The van der Waals surface area contributed by atoms with Crippen LogP contribution in [-0.2, 0) is 0 Å².